The summed E-state index contributed by atoms with van der Waals surface area (Å²) in [4.78, 5) is 4.94. The highest BCUT2D eigenvalue weighted by atomic mass is 16.5. The first kappa shape index (κ1) is 14.1. The largest absolute Gasteiger partial charge is 0.497 e. The highest BCUT2D eigenvalue weighted by Crippen LogP contribution is 2.36. The second-order valence-electron chi connectivity index (χ2n) is 6.10. The third kappa shape index (κ3) is 2.09. The molecule has 0 aliphatic carbocycles. The Kier molecular flexibility index (Phi) is 3.01. The number of hydrogen-bond acceptors (Lipinski definition) is 2. The Labute approximate surface area is 145 Å². The monoisotopic (exact) mass is 324 g/mol. The SMILES string of the molecule is COc1ccc2c(c1)cc1n2-c2ccccc2C1=Nc1ccccc1. The average molecular weight is 324 g/mol. The van der Waals surface area contributed by atoms with Gasteiger partial charge in [0, 0.05) is 10.9 Å². The van der Waals surface area contributed by atoms with Gasteiger partial charge >= 0.3 is 0 Å². The standard InChI is InChI=1S/C22H16N2O/c1-25-17-11-12-19-15(13-17)14-21-22(23-16-7-3-2-4-8-16)18-9-5-6-10-20(18)24(19)21/h2-14H,1H3. The maximum atomic E-state index is 5.38. The van der Waals surface area contributed by atoms with Gasteiger partial charge in [0.05, 0.1) is 35.4 Å². The molecule has 1 aromatic heterocycles. The van der Waals surface area contributed by atoms with Gasteiger partial charge in [0.1, 0.15) is 5.75 Å². The summed E-state index contributed by atoms with van der Waals surface area (Å²) in [5.74, 6) is 0.867. The molecule has 0 saturated carbocycles. The molecular formula is C22H16N2O. The fourth-order valence-electron chi connectivity index (χ4n) is 3.51. The number of fused-ring (bicyclic) bond motifs is 5. The van der Waals surface area contributed by atoms with E-state index in [-0.39, 0.29) is 0 Å². The lowest BCUT2D eigenvalue weighted by molar-refractivity contribution is 0.415. The summed E-state index contributed by atoms with van der Waals surface area (Å²) in [6.07, 6.45) is 0. The van der Waals surface area contributed by atoms with E-state index in [1.54, 1.807) is 7.11 Å². The third-order valence-corrected chi connectivity index (χ3v) is 4.65. The first-order valence-electron chi connectivity index (χ1n) is 8.28. The second-order valence-corrected chi connectivity index (χ2v) is 6.10. The van der Waals surface area contributed by atoms with Crippen molar-refractivity contribution in [2.75, 3.05) is 7.11 Å². The molecule has 0 atom stereocenters. The number of nitrogens with zero attached hydrogens (tertiary/aromatic N) is 2. The Balaban J connectivity index is 1.82. The number of hydrogen-bond donors (Lipinski definition) is 0. The number of aromatic nitrogens is 1. The van der Waals surface area contributed by atoms with Crippen LogP contribution in [0, 0.1) is 0 Å². The Bertz CT molecular complexity index is 1120. The topological polar surface area (TPSA) is 26.5 Å². The molecular weight excluding hydrogens is 308 g/mol. The molecule has 0 amide bonds. The Morgan fingerprint density at radius 3 is 2.48 bits per heavy atom. The molecule has 0 spiro atoms. The van der Waals surface area contributed by atoms with Crippen molar-refractivity contribution in [1.82, 2.24) is 4.57 Å². The first-order chi connectivity index (χ1) is 12.3. The quantitative estimate of drug-likeness (QED) is 0.442. The van der Waals surface area contributed by atoms with E-state index in [4.69, 9.17) is 9.73 Å². The van der Waals surface area contributed by atoms with Crippen LogP contribution in [-0.2, 0) is 0 Å². The second kappa shape index (κ2) is 5.35. The van der Waals surface area contributed by atoms with Gasteiger partial charge in [-0.2, -0.15) is 0 Å². The molecule has 0 unspecified atom stereocenters. The zero-order valence-corrected chi connectivity index (χ0v) is 13.8. The van der Waals surface area contributed by atoms with Gasteiger partial charge in [-0.15, -0.1) is 0 Å². The summed E-state index contributed by atoms with van der Waals surface area (Å²) in [7, 11) is 1.70. The van der Waals surface area contributed by atoms with Gasteiger partial charge in [0.25, 0.3) is 0 Å². The van der Waals surface area contributed by atoms with E-state index in [1.807, 2.05) is 36.4 Å². The Morgan fingerprint density at radius 1 is 0.840 bits per heavy atom. The van der Waals surface area contributed by atoms with Crippen LogP contribution in [0.2, 0.25) is 0 Å². The van der Waals surface area contributed by atoms with Crippen molar-refractivity contribution in [2.24, 2.45) is 4.99 Å². The van der Waals surface area contributed by atoms with Gasteiger partial charge in [0.2, 0.25) is 0 Å². The van der Waals surface area contributed by atoms with Gasteiger partial charge in [-0.3, -0.25) is 0 Å². The maximum Gasteiger partial charge on any atom is 0.119 e. The normalized spacial score (nSPS) is 13.9. The molecule has 5 rings (SSSR count). The van der Waals surface area contributed by atoms with Crippen molar-refractivity contribution in [3.05, 3.63) is 90.1 Å². The molecule has 3 aromatic carbocycles. The number of aliphatic imine (C=N–C) groups is 1. The van der Waals surface area contributed by atoms with Gasteiger partial charge in [-0.1, -0.05) is 36.4 Å². The molecule has 4 aromatic rings. The van der Waals surface area contributed by atoms with Crippen LogP contribution in [0.15, 0.2) is 83.9 Å². The van der Waals surface area contributed by atoms with Crippen molar-refractivity contribution in [1.29, 1.82) is 0 Å². The predicted molar refractivity (Wildman–Crippen MR) is 102 cm³/mol. The molecule has 3 nitrogen and oxygen atoms in total. The molecule has 0 saturated heterocycles. The lowest BCUT2D eigenvalue weighted by Gasteiger charge is -2.05. The summed E-state index contributed by atoms with van der Waals surface area (Å²) >= 11 is 0. The lowest BCUT2D eigenvalue weighted by atomic mass is 10.1. The first-order valence-corrected chi connectivity index (χ1v) is 8.28. The maximum absolute atomic E-state index is 5.38. The molecule has 0 fully saturated rings. The minimum absolute atomic E-state index is 0.867. The van der Waals surface area contributed by atoms with E-state index in [2.05, 4.69) is 47.0 Å². The van der Waals surface area contributed by atoms with Crippen LogP contribution in [0.3, 0.4) is 0 Å². The Morgan fingerprint density at radius 2 is 1.64 bits per heavy atom. The molecule has 0 bridgehead atoms. The average Bonchev–Trinajstić information content (AvgIpc) is 3.18. The van der Waals surface area contributed by atoms with Crippen LogP contribution < -0.4 is 4.74 Å². The van der Waals surface area contributed by atoms with Crippen LogP contribution in [0.5, 0.6) is 5.75 Å². The number of ether oxygens (including phenoxy) is 1. The van der Waals surface area contributed by atoms with Crippen molar-refractivity contribution in [2.45, 2.75) is 0 Å². The van der Waals surface area contributed by atoms with Crippen LogP contribution in [0.4, 0.5) is 5.69 Å². The summed E-state index contributed by atoms with van der Waals surface area (Å²) in [5.41, 5.74) is 6.60. The minimum atomic E-state index is 0.867. The van der Waals surface area contributed by atoms with Crippen LogP contribution in [0.25, 0.3) is 16.6 Å². The number of benzene rings is 3. The zero-order chi connectivity index (χ0) is 16.8. The van der Waals surface area contributed by atoms with Crippen LogP contribution in [0.1, 0.15) is 11.3 Å². The van der Waals surface area contributed by atoms with E-state index in [9.17, 15) is 0 Å². The lowest BCUT2D eigenvalue weighted by Crippen LogP contribution is -1.97. The van der Waals surface area contributed by atoms with Crippen LogP contribution in [-0.4, -0.2) is 17.4 Å². The molecule has 0 N–H and O–H groups in total. The highest BCUT2D eigenvalue weighted by molar-refractivity contribution is 6.20. The van der Waals surface area contributed by atoms with Crippen LogP contribution >= 0.6 is 0 Å². The summed E-state index contributed by atoms with van der Waals surface area (Å²) < 4.78 is 7.66. The van der Waals surface area contributed by atoms with Crippen molar-refractivity contribution < 1.29 is 4.74 Å². The van der Waals surface area contributed by atoms with Crippen molar-refractivity contribution in [3.63, 3.8) is 0 Å². The molecule has 3 heteroatoms. The molecule has 0 radical (unpaired) electrons. The molecule has 2 heterocycles. The van der Waals surface area contributed by atoms with Gasteiger partial charge in [-0.25, -0.2) is 4.99 Å². The highest BCUT2D eigenvalue weighted by Gasteiger charge is 2.26. The zero-order valence-electron chi connectivity index (χ0n) is 13.8. The molecule has 120 valence electrons. The van der Waals surface area contributed by atoms with E-state index in [1.165, 1.54) is 16.8 Å². The third-order valence-electron chi connectivity index (χ3n) is 4.65. The minimum Gasteiger partial charge on any atom is -0.497 e. The van der Waals surface area contributed by atoms with Gasteiger partial charge in [0.15, 0.2) is 0 Å². The predicted octanol–water partition coefficient (Wildman–Crippen LogP) is 5.12. The van der Waals surface area contributed by atoms with Gasteiger partial charge < -0.3 is 9.30 Å². The molecule has 1 aliphatic rings. The smallest absolute Gasteiger partial charge is 0.119 e. The fraction of sp³-hybridized carbons (Fsp3) is 0.0455. The summed E-state index contributed by atoms with van der Waals surface area (Å²) in [6, 6.07) is 26.9. The fourth-order valence-corrected chi connectivity index (χ4v) is 3.51. The number of para-hydroxylation sites is 2. The van der Waals surface area contributed by atoms with Crippen molar-refractivity contribution in [3.8, 4) is 11.4 Å². The van der Waals surface area contributed by atoms with Crippen molar-refractivity contribution >= 4 is 22.3 Å². The summed E-state index contributed by atoms with van der Waals surface area (Å²) in [6.45, 7) is 0. The van der Waals surface area contributed by atoms with E-state index < -0.39 is 0 Å². The number of rotatable bonds is 2. The summed E-state index contributed by atoms with van der Waals surface area (Å²) in [5, 5.41) is 1.16. The van der Waals surface area contributed by atoms with E-state index >= 15 is 0 Å². The van der Waals surface area contributed by atoms with Gasteiger partial charge in [-0.05, 0) is 42.5 Å². The van der Waals surface area contributed by atoms with E-state index in [0.29, 0.717) is 0 Å². The Hall–Kier alpha value is -3.33. The molecule has 25 heavy (non-hydrogen) atoms. The number of methoxy groups -OCH3 is 1. The van der Waals surface area contributed by atoms with E-state index in [0.717, 1.165) is 28.2 Å². The molecule has 1 aliphatic heterocycles.